The largest absolute Gasteiger partial charge is 0.383 e. The van der Waals surface area contributed by atoms with E-state index in [4.69, 9.17) is 4.74 Å². The average Bonchev–Trinajstić information content (AvgIpc) is 2.50. The Morgan fingerprint density at radius 2 is 1.91 bits per heavy atom. The summed E-state index contributed by atoms with van der Waals surface area (Å²) in [5.74, 6) is 0.368. The first-order chi connectivity index (χ1) is 10.6. The minimum Gasteiger partial charge on any atom is -0.383 e. The molecule has 4 nitrogen and oxygen atoms in total. The molecule has 0 spiro atoms. The van der Waals surface area contributed by atoms with E-state index < -0.39 is 0 Å². The molecule has 0 aliphatic rings. The van der Waals surface area contributed by atoms with Crippen molar-refractivity contribution in [1.29, 1.82) is 0 Å². The first-order valence-electron chi connectivity index (χ1n) is 8.16. The summed E-state index contributed by atoms with van der Waals surface area (Å²) in [6.07, 6.45) is 2.25. The second-order valence-corrected chi connectivity index (χ2v) is 5.95. The third-order valence-electron chi connectivity index (χ3n) is 3.63. The molecule has 0 aliphatic carbocycles. The molecule has 0 bridgehead atoms. The van der Waals surface area contributed by atoms with Gasteiger partial charge in [-0.25, -0.2) is 0 Å². The van der Waals surface area contributed by atoms with Crippen molar-refractivity contribution >= 4 is 5.91 Å². The van der Waals surface area contributed by atoms with Gasteiger partial charge in [-0.15, -0.1) is 0 Å². The van der Waals surface area contributed by atoms with Crippen LogP contribution in [0.3, 0.4) is 0 Å². The van der Waals surface area contributed by atoms with Crippen molar-refractivity contribution in [2.45, 2.75) is 39.7 Å². The maximum atomic E-state index is 12.0. The Labute approximate surface area is 134 Å². The van der Waals surface area contributed by atoms with E-state index in [9.17, 15) is 4.79 Å². The SMILES string of the molecule is CCCc1ccc(C(NC(=O)CNCCOC)C(C)C)cc1. The van der Waals surface area contributed by atoms with Crippen LogP contribution in [0, 0.1) is 5.92 Å². The van der Waals surface area contributed by atoms with Gasteiger partial charge in [-0.2, -0.15) is 0 Å². The van der Waals surface area contributed by atoms with E-state index >= 15 is 0 Å². The molecular formula is C18H30N2O2. The quantitative estimate of drug-likeness (QED) is 0.654. The van der Waals surface area contributed by atoms with E-state index in [1.54, 1.807) is 7.11 Å². The van der Waals surface area contributed by atoms with Gasteiger partial charge in [0.2, 0.25) is 5.91 Å². The number of nitrogens with one attached hydrogen (secondary N) is 2. The highest BCUT2D eigenvalue weighted by atomic mass is 16.5. The molecule has 124 valence electrons. The summed E-state index contributed by atoms with van der Waals surface area (Å²) in [5.41, 5.74) is 2.52. The standard InChI is InChI=1S/C18H30N2O2/c1-5-6-15-7-9-16(10-8-15)18(14(2)3)20-17(21)13-19-11-12-22-4/h7-10,14,18-19H,5-6,11-13H2,1-4H3,(H,20,21). The van der Waals surface area contributed by atoms with Gasteiger partial charge in [0, 0.05) is 13.7 Å². The van der Waals surface area contributed by atoms with Gasteiger partial charge in [0.05, 0.1) is 19.2 Å². The predicted octanol–water partition coefficient (Wildman–Crippen LogP) is 2.69. The summed E-state index contributed by atoms with van der Waals surface area (Å²) in [6.45, 7) is 8.05. The molecular weight excluding hydrogens is 276 g/mol. The lowest BCUT2D eigenvalue weighted by molar-refractivity contribution is -0.121. The molecule has 0 heterocycles. The lowest BCUT2D eigenvalue weighted by Crippen LogP contribution is -2.38. The van der Waals surface area contributed by atoms with E-state index in [2.05, 4.69) is 55.7 Å². The molecule has 0 aliphatic heterocycles. The third-order valence-corrected chi connectivity index (χ3v) is 3.63. The maximum Gasteiger partial charge on any atom is 0.234 e. The van der Waals surface area contributed by atoms with Gasteiger partial charge in [0.15, 0.2) is 0 Å². The molecule has 0 saturated carbocycles. The van der Waals surface area contributed by atoms with E-state index in [-0.39, 0.29) is 11.9 Å². The predicted molar refractivity (Wildman–Crippen MR) is 90.9 cm³/mol. The van der Waals surface area contributed by atoms with Gasteiger partial charge in [0.1, 0.15) is 0 Å². The van der Waals surface area contributed by atoms with Crippen LogP contribution in [0.2, 0.25) is 0 Å². The number of benzene rings is 1. The van der Waals surface area contributed by atoms with E-state index in [1.165, 1.54) is 11.1 Å². The van der Waals surface area contributed by atoms with Crippen molar-refractivity contribution < 1.29 is 9.53 Å². The van der Waals surface area contributed by atoms with Gasteiger partial charge in [0.25, 0.3) is 0 Å². The molecule has 0 aromatic heterocycles. The van der Waals surface area contributed by atoms with E-state index in [1.807, 2.05) is 0 Å². The fourth-order valence-electron chi connectivity index (χ4n) is 2.42. The van der Waals surface area contributed by atoms with Crippen LogP contribution in [-0.2, 0) is 16.0 Å². The molecule has 1 unspecified atom stereocenters. The van der Waals surface area contributed by atoms with E-state index in [0.29, 0.717) is 25.6 Å². The van der Waals surface area contributed by atoms with Gasteiger partial charge in [-0.05, 0) is 23.5 Å². The first-order valence-corrected chi connectivity index (χ1v) is 8.16. The van der Waals surface area contributed by atoms with Crippen LogP contribution in [-0.4, -0.2) is 32.7 Å². The summed E-state index contributed by atoms with van der Waals surface area (Å²) < 4.78 is 4.95. The zero-order valence-corrected chi connectivity index (χ0v) is 14.3. The molecule has 1 rings (SSSR count). The summed E-state index contributed by atoms with van der Waals surface area (Å²) in [4.78, 5) is 12.0. The lowest BCUT2D eigenvalue weighted by atomic mass is 9.94. The number of hydrogen-bond donors (Lipinski definition) is 2. The molecule has 2 N–H and O–H groups in total. The van der Waals surface area contributed by atoms with Crippen molar-refractivity contribution in [3.63, 3.8) is 0 Å². The van der Waals surface area contributed by atoms with Gasteiger partial charge in [-0.3, -0.25) is 4.79 Å². The fourth-order valence-corrected chi connectivity index (χ4v) is 2.42. The van der Waals surface area contributed by atoms with Gasteiger partial charge in [-0.1, -0.05) is 51.5 Å². The monoisotopic (exact) mass is 306 g/mol. The molecule has 22 heavy (non-hydrogen) atoms. The average molecular weight is 306 g/mol. The molecule has 0 fully saturated rings. The number of hydrogen-bond acceptors (Lipinski definition) is 3. The first kappa shape index (κ1) is 18.7. The number of carbonyl (C=O) groups excluding carboxylic acids is 1. The molecule has 0 radical (unpaired) electrons. The van der Waals surface area contributed by atoms with Crippen molar-refractivity contribution in [3.05, 3.63) is 35.4 Å². The lowest BCUT2D eigenvalue weighted by Gasteiger charge is -2.23. The Morgan fingerprint density at radius 1 is 1.23 bits per heavy atom. The van der Waals surface area contributed by atoms with Crippen molar-refractivity contribution in [3.8, 4) is 0 Å². The zero-order valence-electron chi connectivity index (χ0n) is 14.3. The zero-order chi connectivity index (χ0) is 16.4. The minimum absolute atomic E-state index is 0.0208. The number of aryl methyl sites for hydroxylation is 1. The Bertz CT molecular complexity index is 429. The summed E-state index contributed by atoms with van der Waals surface area (Å²) in [5, 5.41) is 6.19. The van der Waals surface area contributed by atoms with Crippen LogP contribution in [0.1, 0.15) is 44.4 Å². The van der Waals surface area contributed by atoms with E-state index in [0.717, 1.165) is 12.8 Å². The van der Waals surface area contributed by atoms with Crippen LogP contribution in [0.15, 0.2) is 24.3 Å². The van der Waals surface area contributed by atoms with Crippen molar-refractivity contribution in [2.24, 2.45) is 5.92 Å². The van der Waals surface area contributed by atoms with Crippen molar-refractivity contribution in [1.82, 2.24) is 10.6 Å². The topological polar surface area (TPSA) is 50.4 Å². The van der Waals surface area contributed by atoms with Crippen molar-refractivity contribution in [2.75, 3.05) is 26.8 Å². The number of carbonyl (C=O) groups is 1. The van der Waals surface area contributed by atoms with Crippen LogP contribution in [0.4, 0.5) is 0 Å². The third kappa shape index (κ3) is 6.58. The Hall–Kier alpha value is -1.39. The highest BCUT2D eigenvalue weighted by Gasteiger charge is 2.17. The number of rotatable bonds is 10. The molecule has 1 aromatic rings. The number of amides is 1. The van der Waals surface area contributed by atoms with Crippen LogP contribution < -0.4 is 10.6 Å². The fraction of sp³-hybridized carbons (Fsp3) is 0.611. The Balaban J connectivity index is 2.59. The number of methoxy groups -OCH3 is 1. The Morgan fingerprint density at radius 3 is 2.45 bits per heavy atom. The van der Waals surface area contributed by atoms with Crippen LogP contribution in [0.25, 0.3) is 0 Å². The summed E-state index contributed by atoms with van der Waals surface area (Å²) >= 11 is 0. The molecule has 1 aromatic carbocycles. The normalized spacial score (nSPS) is 12.4. The molecule has 1 amide bonds. The summed E-state index contributed by atoms with van der Waals surface area (Å²) in [6, 6.07) is 8.64. The smallest absolute Gasteiger partial charge is 0.234 e. The van der Waals surface area contributed by atoms with Gasteiger partial charge < -0.3 is 15.4 Å². The second kappa shape index (κ2) is 10.4. The molecule has 0 saturated heterocycles. The highest BCUT2D eigenvalue weighted by molar-refractivity contribution is 5.78. The molecule has 1 atom stereocenters. The summed E-state index contributed by atoms with van der Waals surface area (Å²) in [7, 11) is 1.65. The van der Waals surface area contributed by atoms with Crippen LogP contribution in [0.5, 0.6) is 0 Å². The van der Waals surface area contributed by atoms with Crippen LogP contribution >= 0.6 is 0 Å². The van der Waals surface area contributed by atoms with Gasteiger partial charge >= 0.3 is 0 Å². The Kier molecular flexibility index (Phi) is 8.78. The highest BCUT2D eigenvalue weighted by Crippen LogP contribution is 2.22. The minimum atomic E-state index is 0.0208. The number of ether oxygens (including phenoxy) is 1. The molecule has 4 heteroatoms. The second-order valence-electron chi connectivity index (χ2n) is 5.95. The maximum absolute atomic E-state index is 12.0.